The molecule has 1 N–H and O–H groups in total. The number of benzene rings is 1. The zero-order valence-corrected chi connectivity index (χ0v) is 6.97. The third kappa shape index (κ3) is 0.987. The standard InChI is InChI=1S/C9H6O2S/c10-4-6-5-12-9-2-1-7(11)3-8(6)9/h1-5,11H. The number of hydrogen-bond acceptors (Lipinski definition) is 3. The average molecular weight is 178 g/mol. The van der Waals surface area contributed by atoms with Crippen molar-refractivity contribution in [3.63, 3.8) is 0 Å². The van der Waals surface area contributed by atoms with E-state index in [2.05, 4.69) is 0 Å². The van der Waals surface area contributed by atoms with Gasteiger partial charge in [0.15, 0.2) is 6.29 Å². The molecule has 0 bridgehead atoms. The van der Waals surface area contributed by atoms with E-state index in [9.17, 15) is 4.79 Å². The van der Waals surface area contributed by atoms with Gasteiger partial charge in [0.25, 0.3) is 0 Å². The van der Waals surface area contributed by atoms with Gasteiger partial charge in [0.05, 0.1) is 0 Å². The Labute approximate surface area is 73.1 Å². The van der Waals surface area contributed by atoms with E-state index in [0.29, 0.717) is 5.56 Å². The number of thiophene rings is 1. The minimum atomic E-state index is 0.198. The predicted molar refractivity (Wildman–Crippen MR) is 48.9 cm³/mol. The molecule has 0 atom stereocenters. The van der Waals surface area contributed by atoms with E-state index in [-0.39, 0.29) is 5.75 Å². The summed E-state index contributed by atoms with van der Waals surface area (Å²) >= 11 is 1.50. The van der Waals surface area contributed by atoms with E-state index in [1.807, 2.05) is 6.07 Å². The quantitative estimate of drug-likeness (QED) is 0.681. The molecule has 1 aromatic carbocycles. The maximum atomic E-state index is 10.5. The fourth-order valence-corrected chi connectivity index (χ4v) is 2.01. The van der Waals surface area contributed by atoms with Crippen molar-refractivity contribution in [1.29, 1.82) is 0 Å². The maximum Gasteiger partial charge on any atom is 0.151 e. The van der Waals surface area contributed by atoms with E-state index in [4.69, 9.17) is 5.11 Å². The van der Waals surface area contributed by atoms with E-state index >= 15 is 0 Å². The first kappa shape index (κ1) is 7.31. The molecule has 3 heteroatoms. The molecule has 0 aliphatic rings. The molecule has 0 radical (unpaired) electrons. The zero-order valence-electron chi connectivity index (χ0n) is 6.15. The molecule has 12 heavy (non-hydrogen) atoms. The second-order valence-electron chi connectivity index (χ2n) is 2.49. The van der Waals surface area contributed by atoms with Crippen LogP contribution in [0.1, 0.15) is 10.4 Å². The largest absolute Gasteiger partial charge is 0.508 e. The van der Waals surface area contributed by atoms with Crippen LogP contribution in [-0.2, 0) is 0 Å². The van der Waals surface area contributed by atoms with Gasteiger partial charge in [-0.3, -0.25) is 4.79 Å². The Bertz CT molecular complexity index is 431. The lowest BCUT2D eigenvalue weighted by atomic mass is 10.2. The summed E-state index contributed by atoms with van der Waals surface area (Å²) in [5.41, 5.74) is 0.644. The lowest BCUT2D eigenvalue weighted by Crippen LogP contribution is -1.73. The fraction of sp³-hybridized carbons (Fsp3) is 0. The lowest BCUT2D eigenvalue weighted by Gasteiger charge is -1.91. The van der Waals surface area contributed by atoms with Gasteiger partial charge < -0.3 is 5.11 Å². The molecular weight excluding hydrogens is 172 g/mol. The first-order chi connectivity index (χ1) is 5.81. The molecule has 0 saturated carbocycles. The second-order valence-corrected chi connectivity index (χ2v) is 3.40. The lowest BCUT2D eigenvalue weighted by molar-refractivity contribution is 0.112. The van der Waals surface area contributed by atoms with Crippen LogP contribution >= 0.6 is 11.3 Å². The minimum Gasteiger partial charge on any atom is -0.508 e. The highest BCUT2D eigenvalue weighted by atomic mass is 32.1. The van der Waals surface area contributed by atoms with Gasteiger partial charge in [0, 0.05) is 21.0 Å². The Balaban J connectivity index is 2.83. The van der Waals surface area contributed by atoms with Gasteiger partial charge >= 0.3 is 0 Å². The maximum absolute atomic E-state index is 10.5. The van der Waals surface area contributed by atoms with Crippen molar-refractivity contribution >= 4 is 27.7 Å². The summed E-state index contributed by atoms with van der Waals surface area (Å²) in [5, 5.41) is 11.8. The molecule has 1 heterocycles. The highest BCUT2D eigenvalue weighted by Gasteiger charge is 2.02. The van der Waals surface area contributed by atoms with Crippen molar-refractivity contribution < 1.29 is 9.90 Å². The van der Waals surface area contributed by atoms with Crippen molar-refractivity contribution in [2.45, 2.75) is 0 Å². The number of phenols is 1. The number of phenolic OH excluding ortho intramolecular Hbond substituents is 1. The van der Waals surface area contributed by atoms with Crippen LogP contribution < -0.4 is 0 Å². The number of carbonyl (C=O) groups is 1. The SMILES string of the molecule is O=Cc1csc2ccc(O)cc12. The summed E-state index contributed by atoms with van der Waals surface area (Å²) in [6.45, 7) is 0. The number of carbonyl (C=O) groups excluding carboxylic acids is 1. The molecule has 0 aliphatic heterocycles. The fourth-order valence-electron chi connectivity index (χ4n) is 1.13. The molecule has 2 aromatic rings. The van der Waals surface area contributed by atoms with Crippen molar-refractivity contribution in [2.75, 3.05) is 0 Å². The molecule has 1 aromatic heterocycles. The van der Waals surface area contributed by atoms with Crippen LogP contribution in [0.3, 0.4) is 0 Å². The van der Waals surface area contributed by atoms with Gasteiger partial charge in [-0.1, -0.05) is 0 Å². The number of aldehydes is 1. The summed E-state index contributed by atoms with van der Waals surface area (Å²) in [7, 11) is 0. The van der Waals surface area contributed by atoms with E-state index < -0.39 is 0 Å². The van der Waals surface area contributed by atoms with Gasteiger partial charge in [-0.25, -0.2) is 0 Å². The first-order valence-electron chi connectivity index (χ1n) is 3.46. The Morgan fingerprint density at radius 1 is 1.42 bits per heavy atom. The van der Waals surface area contributed by atoms with Crippen LogP contribution in [0.2, 0.25) is 0 Å². The Morgan fingerprint density at radius 3 is 3.00 bits per heavy atom. The Morgan fingerprint density at radius 2 is 2.25 bits per heavy atom. The summed E-state index contributed by atoms with van der Waals surface area (Å²) in [4.78, 5) is 10.5. The van der Waals surface area contributed by atoms with Crippen molar-refractivity contribution in [3.8, 4) is 5.75 Å². The summed E-state index contributed by atoms with van der Waals surface area (Å²) < 4.78 is 1.02. The van der Waals surface area contributed by atoms with Crippen LogP contribution in [0.25, 0.3) is 10.1 Å². The highest BCUT2D eigenvalue weighted by molar-refractivity contribution is 7.17. The monoisotopic (exact) mass is 178 g/mol. The molecule has 0 aliphatic carbocycles. The van der Waals surface area contributed by atoms with E-state index in [1.54, 1.807) is 17.5 Å². The molecule has 0 fully saturated rings. The van der Waals surface area contributed by atoms with Crippen LogP contribution in [0, 0.1) is 0 Å². The highest BCUT2D eigenvalue weighted by Crippen LogP contribution is 2.27. The number of hydrogen-bond donors (Lipinski definition) is 1. The molecule has 0 spiro atoms. The van der Waals surface area contributed by atoms with E-state index in [0.717, 1.165) is 16.4 Å². The van der Waals surface area contributed by atoms with Gasteiger partial charge in [-0.15, -0.1) is 11.3 Å². The number of rotatable bonds is 1. The molecule has 60 valence electrons. The topological polar surface area (TPSA) is 37.3 Å². The predicted octanol–water partition coefficient (Wildman–Crippen LogP) is 2.42. The zero-order chi connectivity index (χ0) is 8.55. The third-order valence-corrected chi connectivity index (χ3v) is 2.70. The van der Waals surface area contributed by atoms with Gasteiger partial charge in [-0.05, 0) is 18.2 Å². The molecule has 2 rings (SSSR count). The van der Waals surface area contributed by atoms with Crippen LogP contribution in [-0.4, -0.2) is 11.4 Å². The Hall–Kier alpha value is -1.35. The molecule has 2 nitrogen and oxygen atoms in total. The van der Waals surface area contributed by atoms with E-state index in [1.165, 1.54) is 11.3 Å². The minimum absolute atomic E-state index is 0.198. The number of fused-ring (bicyclic) bond motifs is 1. The van der Waals surface area contributed by atoms with Crippen molar-refractivity contribution in [1.82, 2.24) is 0 Å². The molecular formula is C9H6O2S. The normalized spacial score (nSPS) is 10.3. The molecule has 0 amide bonds. The summed E-state index contributed by atoms with van der Waals surface area (Å²) in [6, 6.07) is 5.03. The average Bonchev–Trinajstić information content (AvgIpc) is 2.46. The van der Waals surface area contributed by atoms with Crippen LogP contribution in [0.15, 0.2) is 23.6 Å². The van der Waals surface area contributed by atoms with Gasteiger partial charge in [-0.2, -0.15) is 0 Å². The van der Waals surface area contributed by atoms with Crippen LogP contribution in [0.5, 0.6) is 5.75 Å². The number of aromatic hydroxyl groups is 1. The van der Waals surface area contributed by atoms with Crippen LogP contribution in [0.4, 0.5) is 0 Å². The summed E-state index contributed by atoms with van der Waals surface area (Å²) in [5.74, 6) is 0.198. The second kappa shape index (κ2) is 2.60. The van der Waals surface area contributed by atoms with Gasteiger partial charge in [0.2, 0.25) is 0 Å². The first-order valence-corrected chi connectivity index (χ1v) is 4.34. The molecule has 0 unspecified atom stereocenters. The van der Waals surface area contributed by atoms with Gasteiger partial charge in [0.1, 0.15) is 5.75 Å². The third-order valence-electron chi connectivity index (χ3n) is 1.71. The smallest absolute Gasteiger partial charge is 0.151 e. The van der Waals surface area contributed by atoms with Crippen molar-refractivity contribution in [2.24, 2.45) is 0 Å². The summed E-state index contributed by atoms with van der Waals surface area (Å²) in [6.07, 6.45) is 0.804. The molecule has 0 saturated heterocycles. The Kier molecular flexibility index (Phi) is 1.59. The van der Waals surface area contributed by atoms with Crippen molar-refractivity contribution in [3.05, 3.63) is 29.1 Å².